The van der Waals surface area contributed by atoms with Crippen LogP contribution >= 0.6 is 12.2 Å². The molecule has 2 amide bonds. The molecule has 0 bridgehead atoms. The first-order chi connectivity index (χ1) is 15.3. The quantitative estimate of drug-likeness (QED) is 0.459. The number of rotatable bonds is 7. The van der Waals surface area contributed by atoms with E-state index >= 15 is 0 Å². The number of hydrogen-bond acceptors (Lipinski definition) is 5. The standard InChI is InChI=1S/C21H28N4O4S.C2H6/c1-21(8-2-3-9-21)10-15(19(28)25-16-11-29-12-17(16)26)24-18(27)13-4-6-14(7-5-13)23-20(22)30;1-2/h4-7,15-16H,2-3,8-12H2,1H3,(H,24,27)(H,25,28)(H3,22,23,30);1-2H3. The minimum Gasteiger partial charge on any atom is -0.376 e. The van der Waals surface area contributed by atoms with Crippen LogP contribution in [0.3, 0.4) is 0 Å². The summed E-state index contributed by atoms with van der Waals surface area (Å²) in [6, 6.07) is 5.26. The van der Waals surface area contributed by atoms with E-state index in [2.05, 4.69) is 22.9 Å². The van der Waals surface area contributed by atoms with Gasteiger partial charge in [0.1, 0.15) is 18.7 Å². The van der Waals surface area contributed by atoms with Crippen molar-refractivity contribution >= 4 is 40.6 Å². The summed E-state index contributed by atoms with van der Waals surface area (Å²) in [4.78, 5) is 37.6. The SMILES string of the molecule is CC.CC1(CC(NC(=O)c2ccc(NC(N)=S)cc2)C(=O)NC2COCC2=O)CCCC1. The van der Waals surface area contributed by atoms with Crippen molar-refractivity contribution in [2.24, 2.45) is 11.1 Å². The molecular weight excluding hydrogens is 428 g/mol. The van der Waals surface area contributed by atoms with Gasteiger partial charge < -0.3 is 26.4 Å². The van der Waals surface area contributed by atoms with Gasteiger partial charge in [-0.05, 0) is 61.2 Å². The van der Waals surface area contributed by atoms with E-state index < -0.39 is 12.1 Å². The first-order valence-corrected chi connectivity index (χ1v) is 11.5. The number of hydrogen-bond donors (Lipinski definition) is 4. The van der Waals surface area contributed by atoms with Gasteiger partial charge in [-0.25, -0.2) is 0 Å². The lowest BCUT2D eigenvalue weighted by molar-refractivity contribution is -0.127. The Labute approximate surface area is 195 Å². The third-order valence-corrected chi connectivity index (χ3v) is 5.88. The van der Waals surface area contributed by atoms with E-state index in [9.17, 15) is 14.4 Å². The average Bonchev–Trinajstić information content (AvgIpc) is 3.37. The minimum absolute atomic E-state index is 0.00626. The molecule has 2 aliphatic rings. The van der Waals surface area contributed by atoms with Gasteiger partial charge in [-0.15, -0.1) is 0 Å². The lowest BCUT2D eigenvalue weighted by atomic mass is 9.81. The highest BCUT2D eigenvalue weighted by atomic mass is 32.1. The van der Waals surface area contributed by atoms with Crippen molar-refractivity contribution in [3.63, 3.8) is 0 Å². The molecule has 2 fully saturated rings. The maximum atomic E-state index is 12.9. The summed E-state index contributed by atoms with van der Waals surface area (Å²) in [5.74, 6) is -0.860. The van der Waals surface area contributed by atoms with Gasteiger partial charge in [-0.2, -0.15) is 0 Å². The van der Waals surface area contributed by atoms with Gasteiger partial charge >= 0.3 is 0 Å². The van der Waals surface area contributed by atoms with Crippen LogP contribution in [0.25, 0.3) is 0 Å². The molecule has 176 valence electrons. The van der Waals surface area contributed by atoms with Crippen molar-refractivity contribution in [2.45, 2.75) is 65.0 Å². The van der Waals surface area contributed by atoms with E-state index in [1.807, 2.05) is 13.8 Å². The predicted octanol–water partition coefficient (Wildman–Crippen LogP) is 2.52. The lowest BCUT2D eigenvalue weighted by Crippen LogP contribution is -2.52. The number of Topliss-reactive ketones (excluding diaryl/α,β-unsaturated/α-hetero) is 1. The number of ketones is 1. The first-order valence-electron chi connectivity index (χ1n) is 11.1. The zero-order chi connectivity index (χ0) is 23.7. The second kappa shape index (κ2) is 11.9. The number of amides is 2. The van der Waals surface area contributed by atoms with Crippen LogP contribution in [0.4, 0.5) is 5.69 Å². The molecule has 1 aromatic rings. The molecule has 3 rings (SSSR count). The van der Waals surface area contributed by atoms with Gasteiger partial charge in [0.25, 0.3) is 5.91 Å². The summed E-state index contributed by atoms with van der Waals surface area (Å²) in [6.45, 7) is 6.32. The summed E-state index contributed by atoms with van der Waals surface area (Å²) >= 11 is 4.80. The molecule has 9 heteroatoms. The fourth-order valence-corrected chi connectivity index (χ4v) is 4.21. The maximum absolute atomic E-state index is 12.9. The number of thiocarbonyl (C=S) groups is 1. The fourth-order valence-electron chi connectivity index (χ4n) is 4.09. The Morgan fingerprint density at radius 1 is 1.22 bits per heavy atom. The number of ether oxygens (including phenoxy) is 1. The summed E-state index contributed by atoms with van der Waals surface area (Å²) in [7, 11) is 0. The van der Waals surface area contributed by atoms with Crippen molar-refractivity contribution in [3.05, 3.63) is 29.8 Å². The van der Waals surface area contributed by atoms with Crippen LogP contribution in [0.2, 0.25) is 0 Å². The molecule has 1 heterocycles. The Balaban J connectivity index is 0.00000176. The van der Waals surface area contributed by atoms with Crippen LogP contribution in [0, 0.1) is 5.41 Å². The molecule has 32 heavy (non-hydrogen) atoms. The number of nitrogens with two attached hydrogens (primary N) is 1. The van der Waals surface area contributed by atoms with E-state index in [1.54, 1.807) is 24.3 Å². The smallest absolute Gasteiger partial charge is 0.251 e. The van der Waals surface area contributed by atoms with Crippen LogP contribution in [0.1, 0.15) is 63.2 Å². The molecular formula is C23H34N4O4S. The fraction of sp³-hybridized carbons (Fsp3) is 0.565. The van der Waals surface area contributed by atoms with Crippen molar-refractivity contribution in [3.8, 4) is 0 Å². The number of anilines is 1. The molecule has 0 spiro atoms. The Kier molecular flexibility index (Phi) is 9.59. The minimum atomic E-state index is -0.733. The maximum Gasteiger partial charge on any atom is 0.251 e. The summed E-state index contributed by atoms with van der Waals surface area (Å²) in [6.07, 6.45) is 4.78. The Hall–Kier alpha value is -2.52. The summed E-state index contributed by atoms with van der Waals surface area (Å²) < 4.78 is 5.12. The molecule has 0 radical (unpaired) electrons. The van der Waals surface area contributed by atoms with Gasteiger partial charge in [0.15, 0.2) is 10.9 Å². The Morgan fingerprint density at radius 2 is 1.84 bits per heavy atom. The number of benzene rings is 1. The van der Waals surface area contributed by atoms with E-state index in [0.29, 0.717) is 17.7 Å². The highest BCUT2D eigenvalue weighted by molar-refractivity contribution is 7.80. The third-order valence-electron chi connectivity index (χ3n) is 5.78. The second-order valence-corrected chi connectivity index (χ2v) is 8.80. The van der Waals surface area contributed by atoms with Crippen LogP contribution < -0.4 is 21.7 Å². The van der Waals surface area contributed by atoms with Crippen LogP contribution in [0.5, 0.6) is 0 Å². The molecule has 1 aliphatic heterocycles. The number of nitrogens with one attached hydrogen (secondary N) is 3. The van der Waals surface area contributed by atoms with Gasteiger partial charge in [0.05, 0.1) is 6.61 Å². The first kappa shape index (κ1) is 25.7. The third kappa shape index (κ3) is 7.27. The Morgan fingerprint density at radius 3 is 2.38 bits per heavy atom. The molecule has 2 unspecified atom stereocenters. The highest BCUT2D eigenvalue weighted by Crippen LogP contribution is 2.41. The predicted molar refractivity (Wildman–Crippen MR) is 128 cm³/mol. The van der Waals surface area contributed by atoms with Gasteiger partial charge in [-0.1, -0.05) is 33.6 Å². The van der Waals surface area contributed by atoms with Gasteiger partial charge in [-0.3, -0.25) is 14.4 Å². The van der Waals surface area contributed by atoms with Crippen LogP contribution in [-0.4, -0.2) is 48.0 Å². The summed E-state index contributed by atoms with van der Waals surface area (Å²) in [5, 5.41) is 8.54. The topological polar surface area (TPSA) is 123 Å². The van der Waals surface area contributed by atoms with E-state index in [1.165, 1.54) is 0 Å². The zero-order valence-electron chi connectivity index (χ0n) is 19.0. The molecule has 1 saturated carbocycles. The van der Waals surface area contributed by atoms with E-state index in [0.717, 1.165) is 25.7 Å². The van der Waals surface area contributed by atoms with E-state index in [-0.39, 0.29) is 41.3 Å². The average molecular weight is 463 g/mol. The van der Waals surface area contributed by atoms with Crippen LogP contribution in [-0.2, 0) is 14.3 Å². The Bertz CT molecular complexity index is 822. The second-order valence-electron chi connectivity index (χ2n) is 8.36. The molecule has 1 aliphatic carbocycles. The van der Waals surface area contributed by atoms with Crippen molar-refractivity contribution in [1.29, 1.82) is 0 Å². The van der Waals surface area contributed by atoms with E-state index in [4.69, 9.17) is 22.7 Å². The highest BCUT2D eigenvalue weighted by Gasteiger charge is 2.37. The molecule has 2 atom stereocenters. The normalized spacial score (nSPS) is 20.0. The van der Waals surface area contributed by atoms with Crippen molar-refractivity contribution in [1.82, 2.24) is 10.6 Å². The van der Waals surface area contributed by atoms with Crippen LogP contribution in [0.15, 0.2) is 24.3 Å². The number of carbonyl (C=O) groups excluding carboxylic acids is 3. The molecule has 8 nitrogen and oxygen atoms in total. The van der Waals surface area contributed by atoms with Crippen molar-refractivity contribution in [2.75, 3.05) is 18.5 Å². The number of carbonyl (C=O) groups is 3. The lowest BCUT2D eigenvalue weighted by Gasteiger charge is -2.29. The zero-order valence-corrected chi connectivity index (χ0v) is 19.8. The monoisotopic (exact) mass is 462 g/mol. The largest absolute Gasteiger partial charge is 0.376 e. The van der Waals surface area contributed by atoms with Gasteiger partial charge in [0, 0.05) is 11.3 Å². The molecule has 1 saturated heterocycles. The molecule has 0 aromatic heterocycles. The summed E-state index contributed by atoms with van der Waals surface area (Å²) in [5.41, 5.74) is 6.52. The molecule has 5 N–H and O–H groups in total. The molecule has 1 aromatic carbocycles. The van der Waals surface area contributed by atoms with Gasteiger partial charge in [0.2, 0.25) is 5.91 Å². The van der Waals surface area contributed by atoms with Crippen molar-refractivity contribution < 1.29 is 19.1 Å².